The molecule has 1 amide bonds. The van der Waals surface area contributed by atoms with Gasteiger partial charge in [0.05, 0.1) is 22.6 Å². The van der Waals surface area contributed by atoms with Gasteiger partial charge >= 0.3 is 0 Å². The Balaban J connectivity index is 1.73. The summed E-state index contributed by atoms with van der Waals surface area (Å²) in [4.78, 5) is 19.7. The Bertz CT molecular complexity index is 693. The Morgan fingerprint density at radius 2 is 2.12 bits per heavy atom. The highest BCUT2D eigenvalue weighted by Gasteiger charge is 2.21. The number of nitrogens with zero attached hydrogens (tertiary/aromatic N) is 2. The van der Waals surface area contributed by atoms with Gasteiger partial charge in [-0.25, -0.2) is 4.98 Å². The van der Waals surface area contributed by atoms with Gasteiger partial charge in [-0.3, -0.25) is 4.79 Å². The average Bonchev–Trinajstić information content (AvgIpc) is 3.12. The van der Waals surface area contributed by atoms with E-state index in [9.17, 15) is 9.90 Å². The number of aliphatic hydroxyl groups is 1. The molecule has 0 bridgehead atoms. The van der Waals surface area contributed by atoms with Crippen molar-refractivity contribution in [3.8, 4) is 0 Å². The molecule has 2 N–H and O–H groups in total. The average molecular weight is 345 g/mol. The number of benzene rings is 1. The fourth-order valence-electron chi connectivity index (χ4n) is 2.97. The molecule has 0 atom stereocenters. The van der Waals surface area contributed by atoms with E-state index >= 15 is 0 Å². The van der Waals surface area contributed by atoms with E-state index in [2.05, 4.69) is 15.2 Å². The van der Waals surface area contributed by atoms with Crippen LogP contribution in [0, 0.1) is 5.92 Å². The van der Waals surface area contributed by atoms with Gasteiger partial charge in [-0.05, 0) is 37.3 Å². The van der Waals surface area contributed by atoms with Gasteiger partial charge in [-0.15, -0.1) is 11.3 Å². The van der Waals surface area contributed by atoms with E-state index in [0.29, 0.717) is 10.8 Å². The van der Waals surface area contributed by atoms with Crippen molar-refractivity contribution in [2.45, 2.75) is 26.2 Å². The number of hydrogen-bond acceptors (Lipinski definition) is 5. The van der Waals surface area contributed by atoms with Gasteiger partial charge in [-0.2, -0.15) is 0 Å². The number of carbonyl (C=O) groups is 1. The fraction of sp³-hybridized carbons (Fsp3) is 0.444. The molecule has 1 saturated heterocycles. The Morgan fingerprint density at radius 3 is 2.79 bits per heavy atom. The lowest BCUT2D eigenvalue weighted by Crippen LogP contribution is -2.35. The highest BCUT2D eigenvalue weighted by Crippen LogP contribution is 2.30. The molecule has 2 aromatic rings. The third kappa shape index (κ3) is 3.76. The minimum Gasteiger partial charge on any atom is -0.396 e. The minimum atomic E-state index is -0.107. The number of aromatic nitrogens is 1. The molecule has 0 spiro atoms. The van der Waals surface area contributed by atoms with E-state index in [1.165, 1.54) is 11.3 Å². The Labute approximate surface area is 146 Å². The highest BCUT2D eigenvalue weighted by molar-refractivity contribution is 7.13. The smallest absolute Gasteiger partial charge is 0.267 e. The number of rotatable bonds is 5. The van der Waals surface area contributed by atoms with Crippen molar-refractivity contribution >= 4 is 28.6 Å². The van der Waals surface area contributed by atoms with Gasteiger partial charge < -0.3 is 15.3 Å². The standard InChI is InChI=1S/C18H23N3O2S/c1-2-17-19-11-16(24-17)18(23)20-14-5-3-4-6-15(14)21-9-7-13(12-22)8-10-21/h3-6,11,13,22H,2,7-10,12H2,1H3,(H,20,23). The van der Waals surface area contributed by atoms with Gasteiger partial charge in [0, 0.05) is 19.7 Å². The number of carbonyl (C=O) groups excluding carboxylic acids is 1. The summed E-state index contributed by atoms with van der Waals surface area (Å²) >= 11 is 1.44. The summed E-state index contributed by atoms with van der Waals surface area (Å²) in [6, 6.07) is 7.90. The zero-order valence-corrected chi connectivity index (χ0v) is 14.7. The van der Waals surface area contributed by atoms with Crippen LogP contribution >= 0.6 is 11.3 Å². The molecule has 1 fully saturated rings. The SMILES string of the molecule is CCc1ncc(C(=O)Nc2ccccc2N2CCC(CO)CC2)s1. The van der Waals surface area contributed by atoms with E-state index in [-0.39, 0.29) is 12.5 Å². The van der Waals surface area contributed by atoms with Crippen molar-refractivity contribution in [3.05, 3.63) is 40.3 Å². The second kappa shape index (κ2) is 7.77. The summed E-state index contributed by atoms with van der Waals surface area (Å²) in [5.74, 6) is 0.289. The number of thiazole rings is 1. The van der Waals surface area contributed by atoms with Gasteiger partial charge in [0.1, 0.15) is 4.88 Å². The lowest BCUT2D eigenvalue weighted by atomic mass is 9.97. The molecule has 6 heteroatoms. The zero-order chi connectivity index (χ0) is 16.9. The first-order valence-electron chi connectivity index (χ1n) is 8.42. The monoisotopic (exact) mass is 345 g/mol. The number of anilines is 2. The predicted molar refractivity (Wildman–Crippen MR) is 97.9 cm³/mol. The normalized spacial score (nSPS) is 15.5. The van der Waals surface area contributed by atoms with Gasteiger partial charge in [0.15, 0.2) is 0 Å². The highest BCUT2D eigenvalue weighted by atomic mass is 32.1. The molecule has 1 aromatic carbocycles. The van der Waals surface area contributed by atoms with Crippen LogP contribution in [0.2, 0.25) is 0 Å². The quantitative estimate of drug-likeness (QED) is 0.873. The van der Waals surface area contributed by atoms with Crippen LogP contribution in [0.4, 0.5) is 11.4 Å². The first-order chi connectivity index (χ1) is 11.7. The lowest BCUT2D eigenvalue weighted by molar-refractivity contribution is 0.103. The molecule has 0 saturated carbocycles. The maximum Gasteiger partial charge on any atom is 0.267 e. The molecule has 2 heterocycles. The Hall–Kier alpha value is -1.92. The second-order valence-electron chi connectivity index (χ2n) is 6.06. The number of piperidine rings is 1. The summed E-state index contributed by atoms with van der Waals surface area (Å²) < 4.78 is 0. The first-order valence-corrected chi connectivity index (χ1v) is 9.23. The van der Waals surface area contributed by atoms with E-state index < -0.39 is 0 Å². The molecule has 3 rings (SSSR count). The summed E-state index contributed by atoms with van der Waals surface area (Å²) in [5, 5.41) is 13.3. The van der Waals surface area contributed by atoms with Crippen LogP contribution in [0.25, 0.3) is 0 Å². The predicted octanol–water partition coefficient (Wildman–Crippen LogP) is 3.17. The molecule has 5 nitrogen and oxygen atoms in total. The van der Waals surface area contributed by atoms with Crippen LogP contribution in [0.5, 0.6) is 0 Å². The number of aliphatic hydroxyl groups excluding tert-OH is 1. The third-order valence-corrected chi connectivity index (χ3v) is 5.59. The largest absolute Gasteiger partial charge is 0.396 e. The fourth-order valence-corrected chi connectivity index (χ4v) is 3.73. The Morgan fingerprint density at radius 1 is 1.38 bits per heavy atom. The summed E-state index contributed by atoms with van der Waals surface area (Å²) in [6.07, 6.45) is 4.45. The summed E-state index contributed by atoms with van der Waals surface area (Å²) in [5.41, 5.74) is 1.87. The lowest BCUT2D eigenvalue weighted by Gasteiger charge is -2.34. The van der Waals surface area contributed by atoms with Crippen molar-refractivity contribution in [2.75, 3.05) is 29.9 Å². The number of hydrogen-bond donors (Lipinski definition) is 2. The molecule has 24 heavy (non-hydrogen) atoms. The van der Waals surface area contributed by atoms with Crippen molar-refractivity contribution < 1.29 is 9.90 Å². The molecular weight excluding hydrogens is 322 g/mol. The van der Waals surface area contributed by atoms with E-state index in [1.54, 1.807) is 6.20 Å². The maximum absolute atomic E-state index is 12.5. The zero-order valence-electron chi connectivity index (χ0n) is 13.9. The van der Waals surface area contributed by atoms with Crippen molar-refractivity contribution in [1.82, 2.24) is 4.98 Å². The molecule has 128 valence electrons. The van der Waals surface area contributed by atoms with Crippen molar-refractivity contribution in [2.24, 2.45) is 5.92 Å². The van der Waals surface area contributed by atoms with Crippen LogP contribution in [0.3, 0.4) is 0 Å². The topological polar surface area (TPSA) is 65.5 Å². The van der Waals surface area contributed by atoms with Crippen LogP contribution in [0.15, 0.2) is 30.5 Å². The molecule has 1 aromatic heterocycles. The van der Waals surface area contributed by atoms with E-state index in [1.807, 2.05) is 31.2 Å². The maximum atomic E-state index is 12.5. The number of amides is 1. The second-order valence-corrected chi connectivity index (χ2v) is 7.17. The number of para-hydroxylation sites is 2. The van der Waals surface area contributed by atoms with Crippen LogP contribution in [-0.4, -0.2) is 35.7 Å². The van der Waals surface area contributed by atoms with E-state index in [0.717, 1.165) is 48.7 Å². The number of nitrogens with one attached hydrogen (secondary N) is 1. The third-order valence-electron chi connectivity index (χ3n) is 4.45. The molecule has 0 radical (unpaired) electrons. The van der Waals surface area contributed by atoms with Crippen LogP contribution in [0.1, 0.15) is 34.4 Å². The molecular formula is C18H23N3O2S. The van der Waals surface area contributed by atoms with Crippen molar-refractivity contribution in [3.63, 3.8) is 0 Å². The Kier molecular flexibility index (Phi) is 5.48. The summed E-state index contributed by atoms with van der Waals surface area (Å²) in [6.45, 7) is 4.10. The van der Waals surface area contributed by atoms with Gasteiger partial charge in [0.25, 0.3) is 5.91 Å². The van der Waals surface area contributed by atoms with Gasteiger partial charge in [-0.1, -0.05) is 19.1 Å². The summed E-state index contributed by atoms with van der Waals surface area (Å²) in [7, 11) is 0. The van der Waals surface area contributed by atoms with E-state index in [4.69, 9.17) is 0 Å². The van der Waals surface area contributed by atoms with Crippen LogP contribution < -0.4 is 10.2 Å². The molecule has 0 aliphatic carbocycles. The first kappa shape index (κ1) is 16.9. The minimum absolute atomic E-state index is 0.107. The van der Waals surface area contributed by atoms with Crippen LogP contribution in [-0.2, 0) is 6.42 Å². The van der Waals surface area contributed by atoms with Crippen molar-refractivity contribution in [1.29, 1.82) is 0 Å². The molecule has 0 unspecified atom stereocenters. The molecule has 1 aliphatic rings. The van der Waals surface area contributed by atoms with Gasteiger partial charge in [0.2, 0.25) is 0 Å². The molecule has 1 aliphatic heterocycles. The number of aryl methyl sites for hydroxylation is 1.